The second-order valence-corrected chi connectivity index (χ2v) is 6.56. The number of ether oxygens (including phenoxy) is 1. The molecule has 1 aromatic rings. The minimum Gasteiger partial charge on any atom is -0.377 e. The van der Waals surface area contributed by atoms with Crippen LogP contribution in [0.5, 0.6) is 0 Å². The van der Waals surface area contributed by atoms with Gasteiger partial charge >= 0.3 is 0 Å². The van der Waals surface area contributed by atoms with Crippen LogP contribution in [0.3, 0.4) is 0 Å². The molecule has 116 valence electrons. The number of carbonyl (C=O) groups is 1. The van der Waals surface area contributed by atoms with Gasteiger partial charge in [-0.15, -0.1) is 23.4 Å². The normalized spacial score (nSPS) is 16.2. The van der Waals surface area contributed by atoms with E-state index in [-0.39, 0.29) is 12.0 Å². The highest BCUT2D eigenvalue weighted by Crippen LogP contribution is 2.25. The lowest BCUT2D eigenvalue weighted by Crippen LogP contribution is -2.41. The van der Waals surface area contributed by atoms with Gasteiger partial charge in [0.2, 0.25) is 0 Å². The molecule has 0 N–H and O–H groups in total. The number of hydrogen-bond acceptors (Lipinski definition) is 3. The molecule has 6 heteroatoms. The Hall–Kier alpha value is -0.420. The van der Waals surface area contributed by atoms with Crippen molar-refractivity contribution in [3.05, 3.63) is 28.8 Å². The van der Waals surface area contributed by atoms with Gasteiger partial charge in [0.15, 0.2) is 0 Å². The Bertz CT molecular complexity index is 491. The number of halogens is 2. The number of likely N-dealkylation sites (tertiary alicyclic amines) is 1. The van der Waals surface area contributed by atoms with Crippen LogP contribution >= 0.6 is 35.0 Å². The van der Waals surface area contributed by atoms with Gasteiger partial charge in [-0.25, -0.2) is 0 Å². The number of benzene rings is 1. The van der Waals surface area contributed by atoms with Crippen LogP contribution in [-0.4, -0.2) is 48.7 Å². The molecule has 0 unspecified atom stereocenters. The van der Waals surface area contributed by atoms with Gasteiger partial charge in [-0.1, -0.05) is 11.6 Å². The van der Waals surface area contributed by atoms with E-state index in [4.69, 9.17) is 27.9 Å². The molecule has 3 nitrogen and oxygen atoms in total. The first-order valence-corrected chi connectivity index (χ1v) is 9.09. The van der Waals surface area contributed by atoms with Crippen LogP contribution in [0.2, 0.25) is 5.02 Å². The predicted octanol–water partition coefficient (Wildman–Crippen LogP) is 3.92. The molecule has 1 amide bonds. The Balaban J connectivity index is 1.98. The highest BCUT2D eigenvalue weighted by atomic mass is 35.5. The summed E-state index contributed by atoms with van der Waals surface area (Å²) in [5, 5.41) is 0.512. The number of thioether (sulfide) groups is 1. The first kappa shape index (κ1) is 16.9. The van der Waals surface area contributed by atoms with Gasteiger partial charge in [0.1, 0.15) is 0 Å². The van der Waals surface area contributed by atoms with Crippen LogP contribution < -0.4 is 0 Å². The summed E-state index contributed by atoms with van der Waals surface area (Å²) < 4.78 is 5.63. The lowest BCUT2D eigenvalue weighted by Gasteiger charge is -2.32. The zero-order valence-corrected chi connectivity index (χ0v) is 14.3. The van der Waals surface area contributed by atoms with Gasteiger partial charge in [0, 0.05) is 23.9 Å². The maximum atomic E-state index is 12.6. The van der Waals surface area contributed by atoms with Crippen molar-refractivity contribution in [2.24, 2.45) is 0 Å². The van der Waals surface area contributed by atoms with Crippen molar-refractivity contribution in [3.8, 4) is 0 Å². The zero-order chi connectivity index (χ0) is 15.2. The topological polar surface area (TPSA) is 29.5 Å². The molecule has 1 fully saturated rings. The van der Waals surface area contributed by atoms with E-state index in [1.165, 1.54) is 0 Å². The summed E-state index contributed by atoms with van der Waals surface area (Å²) >= 11 is 13.4. The number of piperidine rings is 1. The minimum atomic E-state index is 0.00620. The standard InChI is InChI=1S/C15H19Cl2NO2S/c1-21-12-2-3-14(17)13(10-12)15(19)18-7-4-11(5-8-18)20-9-6-16/h2-3,10-11H,4-9H2,1H3. The largest absolute Gasteiger partial charge is 0.377 e. The Kier molecular flexibility index (Phi) is 6.68. The molecule has 1 aliphatic heterocycles. The molecule has 0 bridgehead atoms. The maximum absolute atomic E-state index is 12.6. The average Bonchev–Trinajstić information content (AvgIpc) is 2.53. The van der Waals surface area contributed by atoms with Gasteiger partial charge in [0.05, 0.1) is 23.3 Å². The van der Waals surface area contributed by atoms with Crippen molar-refractivity contribution in [2.45, 2.75) is 23.8 Å². The molecule has 0 aromatic heterocycles. The zero-order valence-electron chi connectivity index (χ0n) is 12.0. The van der Waals surface area contributed by atoms with Crippen molar-refractivity contribution in [2.75, 3.05) is 31.8 Å². The number of hydrogen-bond donors (Lipinski definition) is 0. The van der Waals surface area contributed by atoms with Crippen molar-refractivity contribution in [1.82, 2.24) is 4.90 Å². The van der Waals surface area contributed by atoms with E-state index in [2.05, 4.69) is 0 Å². The van der Waals surface area contributed by atoms with Crippen LogP contribution in [0.25, 0.3) is 0 Å². The fourth-order valence-electron chi connectivity index (χ4n) is 2.40. The average molecular weight is 348 g/mol. The second kappa shape index (κ2) is 8.28. The summed E-state index contributed by atoms with van der Waals surface area (Å²) in [6.07, 6.45) is 3.89. The first-order chi connectivity index (χ1) is 10.2. The fraction of sp³-hybridized carbons (Fsp3) is 0.533. The molecule has 1 aliphatic rings. The lowest BCUT2D eigenvalue weighted by molar-refractivity contribution is 0.0154. The Morgan fingerprint density at radius 2 is 2.14 bits per heavy atom. The third-order valence-electron chi connectivity index (χ3n) is 3.56. The second-order valence-electron chi connectivity index (χ2n) is 4.90. The molecular formula is C15H19Cl2NO2S. The third-order valence-corrected chi connectivity index (χ3v) is 4.77. The van der Waals surface area contributed by atoms with Gasteiger partial charge in [-0.05, 0) is 37.3 Å². The fourth-order valence-corrected chi connectivity index (χ4v) is 3.13. The SMILES string of the molecule is CSc1ccc(Cl)c(C(=O)N2CCC(OCCCl)CC2)c1. The van der Waals surface area contributed by atoms with Gasteiger partial charge < -0.3 is 9.64 Å². The van der Waals surface area contributed by atoms with Gasteiger partial charge in [0.25, 0.3) is 5.91 Å². The van der Waals surface area contributed by atoms with E-state index in [9.17, 15) is 4.79 Å². The molecule has 2 rings (SSSR count). The van der Waals surface area contributed by atoms with Crippen molar-refractivity contribution >= 4 is 40.9 Å². The van der Waals surface area contributed by atoms with Gasteiger partial charge in [-0.2, -0.15) is 0 Å². The van der Waals surface area contributed by atoms with E-state index in [0.717, 1.165) is 17.7 Å². The van der Waals surface area contributed by atoms with Crippen molar-refractivity contribution in [1.29, 1.82) is 0 Å². The Labute approximate surface area is 139 Å². The smallest absolute Gasteiger partial charge is 0.255 e. The molecule has 1 heterocycles. The number of alkyl halides is 1. The Morgan fingerprint density at radius 3 is 2.76 bits per heavy atom. The summed E-state index contributed by atoms with van der Waals surface area (Å²) in [7, 11) is 0. The monoisotopic (exact) mass is 347 g/mol. The summed E-state index contributed by atoms with van der Waals surface area (Å²) in [6.45, 7) is 1.97. The maximum Gasteiger partial charge on any atom is 0.255 e. The molecule has 21 heavy (non-hydrogen) atoms. The van der Waals surface area contributed by atoms with E-state index < -0.39 is 0 Å². The quantitative estimate of drug-likeness (QED) is 0.597. The van der Waals surface area contributed by atoms with E-state index in [0.29, 0.717) is 36.2 Å². The number of carbonyl (C=O) groups excluding carboxylic acids is 1. The summed E-state index contributed by atoms with van der Waals surface area (Å²) in [6, 6.07) is 5.58. The minimum absolute atomic E-state index is 0.00620. The molecule has 0 radical (unpaired) electrons. The molecule has 0 atom stereocenters. The molecule has 1 saturated heterocycles. The summed E-state index contributed by atoms with van der Waals surface area (Å²) in [5.74, 6) is 0.516. The van der Waals surface area contributed by atoms with E-state index >= 15 is 0 Å². The highest BCUT2D eigenvalue weighted by Gasteiger charge is 2.25. The number of nitrogens with zero attached hydrogens (tertiary/aromatic N) is 1. The molecule has 0 saturated carbocycles. The predicted molar refractivity (Wildman–Crippen MR) is 88.8 cm³/mol. The number of rotatable bonds is 5. The molecule has 1 aromatic carbocycles. The van der Waals surface area contributed by atoms with Crippen LogP contribution in [0.15, 0.2) is 23.1 Å². The Morgan fingerprint density at radius 1 is 1.43 bits per heavy atom. The van der Waals surface area contributed by atoms with Gasteiger partial charge in [-0.3, -0.25) is 4.79 Å². The highest BCUT2D eigenvalue weighted by molar-refractivity contribution is 7.98. The third kappa shape index (κ3) is 4.52. The lowest BCUT2D eigenvalue weighted by atomic mass is 10.1. The molecule has 0 spiro atoms. The number of amides is 1. The van der Waals surface area contributed by atoms with Crippen molar-refractivity contribution in [3.63, 3.8) is 0 Å². The molecular weight excluding hydrogens is 329 g/mol. The van der Waals surface area contributed by atoms with Crippen LogP contribution in [0.1, 0.15) is 23.2 Å². The summed E-state index contributed by atoms with van der Waals surface area (Å²) in [4.78, 5) is 15.5. The van der Waals surface area contributed by atoms with Crippen molar-refractivity contribution < 1.29 is 9.53 Å². The van der Waals surface area contributed by atoms with E-state index in [1.807, 2.05) is 23.3 Å². The van der Waals surface area contributed by atoms with Crippen LogP contribution in [0, 0.1) is 0 Å². The van der Waals surface area contributed by atoms with Crippen LogP contribution in [-0.2, 0) is 4.74 Å². The molecule has 0 aliphatic carbocycles. The van der Waals surface area contributed by atoms with Crippen LogP contribution in [0.4, 0.5) is 0 Å². The summed E-state index contributed by atoms with van der Waals surface area (Å²) in [5.41, 5.74) is 0.587. The first-order valence-electron chi connectivity index (χ1n) is 6.96. The van der Waals surface area contributed by atoms with E-state index in [1.54, 1.807) is 17.8 Å².